The molecule has 0 saturated heterocycles. The minimum absolute atomic E-state index is 0.0178. The number of rotatable bonds is 6. The highest BCUT2D eigenvalue weighted by Gasteiger charge is 2.36. The summed E-state index contributed by atoms with van der Waals surface area (Å²) < 4.78 is 4.09. The summed E-state index contributed by atoms with van der Waals surface area (Å²) in [7, 11) is 1.86. The fourth-order valence-corrected chi connectivity index (χ4v) is 4.39. The van der Waals surface area contributed by atoms with Crippen LogP contribution in [0.5, 0.6) is 0 Å². The average molecular weight is 392 g/mol. The third-order valence-electron chi connectivity index (χ3n) is 5.29. The standard InChI is InChI=1S/C20H20N6OS/c1-25-16-5-3-2-4-15(16)22-19(25)14(10-21)17(27)11-28-20-24-23-18(12-6-7-12)26(20)13-8-9-13/h2-5,12-13,27H,6-9,11H2,1H3/b17-14-. The molecule has 0 spiro atoms. The number of fused-ring (bicyclic) bond motifs is 1. The monoisotopic (exact) mass is 392 g/mol. The van der Waals surface area contributed by atoms with Gasteiger partial charge in [0.25, 0.3) is 0 Å². The minimum Gasteiger partial charge on any atom is -0.510 e. The van der Waals surface area contributed by atoms with Gasteiger partial charge in [-0.1, -0.05) is 23.9 Å². The molecule has 0 atom stereocenters. The van der Waals surface area contributed by atoms with Gasteiger partial charge in [0.15, 0.2) is 11.0 Å². The smallest absolute Gasteiger partial charge is 0.191 e. The number of aliphatic hydroxyl groups is 1. The molecule has 0 radical (unpaired) electrons. The zero-order valence-electron chi connectivity index (χ0n) is 15.5. The number of aryl methyl sites for hydroxylation is 1. The molecule has 7 nitrogen and oxygen atoms in total. The lowest BCUT2D eigenvalue weighted by Gasteiger charge is -2.08. The van der Waals surface area contributed by atoms with Crippen molar-refractivity contribution in [3.05, 3.63) is 41.7 Å². The van der Waals surface area contributed by atoms with E-state index in [0.717, 1.165) is 34.9 Å². The normalized spacial score (nSPS) is 17.6. The first-order chi connectivity index (χ1) is 13.7. The molecule has 2 fully saturated rings. The van der Waals surface area contributed by atoms with Gasteiger partial charge in [-0.25, -0.2) is 4.98 Å². The van der Waals surface area contributed by atoms with Crippen LogP contribution >= 0.6 is 11.8 Å². The molecule has 3 aromatic rings. The van der Waals surface area contributed by atoms with Crippen molar-refractivity contribution in [1.82, 2.24) is 24.3 Å². The van der Waals surface area contributed by atoms with Gasteiger partial charge in [-0.3, -0.25) is 0 Å². The van der Waals surface area contributed by atoms with E-state index in [4.69, 9.17) is 0 Å². The molecule has 142 valence electrons. The van der Waals surface area contributed by atoms with Crippen LogP contribution in [-0.4, -0.2) is 35.2 Å². The summed E-state index contributed by atoms with van der Waals surface area (Å²) >= 11 is 1.43. The van der Waals surface area contributed by atoms with Gasteiger partial charge in [0, 0.05) is 19.0 Å². The van der Waals surface area contributed by atoms with E-state index in [0.29, 0.717) is 17.8 Å². The molecule has 1 aromatic carbocycles. The molecule has 5 rings (SSSR count). The minimum atomic E-state index is 0.0178. The number of hydrogen-bond acceptors (Lipinski definition) is 6. The van der Waals surface area contributed by atoms with Gasteiger partial charge in [0.2, 0.25) is 0 Å². The van der Waals surface area contributed by atoms with Crippen molar-refractivity contribution in [3.8, 4) is 6.07 Å². The van der Waals surface area contributed by atoms with E-state index in [2.05, 4.69) is 25.8 Å². The molecular formula is C20H20N6OS. The number of thioether (sulfide) groups is 1. The number of para-hydroxylation sites is 2. The topological polar surface area (TPSA) is 92.5 Å². The summed E-state index contributed by atoms with van der Waals surface area (Å²) in [5.74, 6) is 2.39. The highest BCUT2D eigenvalue weighted by molar-refractivity contribution is 7.99. The molecule has 8 heteroatoms. The first-order valence-electron chi connectivity index (χ1n) is 9.49. The van der Waals surface area contributed by atoms with Crippen molar-refractivity contribution in [3.63, 3.8) is 0 Å². The molecule has 28 heavy (non-hydrogen) atoms. The van der Waals surface area contributed by atoms with Gasteiger partial charge in [-0.15, -0.1) is 10.2 Å². The summed E-state index contributed by atoms with van der Waals surface area (Å²) in [6, 6.07) is 10.3. The Morgan fingerprint density at radius 3 is 2.71 bits per heavy atom. The number of imidazole rings is 1. The molecule has 2 aliphatic carbocycles. The lowest BCUT2D eigenvalue weighted by molar-refractivity contribution is 0.420. The molecule has 0 bridgehead atoms. The Morgan fingerprint density at radius 1 is 1.25 bits per heavy atom. The molecule has 0 aliphatic heterocycles. The highest BCUT2D eigenvalue weighted by atomic mass is 32.2. The van der Waals surface area contributed by atoms with E-state index in [9.17, 15) is 10.4 Å². The SMILES string of the molecule is Cn1c(/C(C#N)=C(\O)CSc2nnc(C3CC3)n2C2CC2)nc2ccccc21. The molecule has 2 aromatic heterocycles. The lowest BCUT2D eigenvalue weighted by atomic mass is 10.2. The van der Waals surface area contributed by atoms with Gasteiger partial charge < -0.3 is 14.2 Å². The van der Waals surface area contributed by atoms with Crippen LogP contribution in [0.25, 0.3) is 16.6 Å². The maximum atomic E-state index is 10.7. The van der Waals surface area contributed by atoms with Crippen molar-refractivity contribution in [2.24, 2.45) is 7.05 Å². The lowest BCUT2D eigenvalue weighted by Crippen LogP contribution is -2.04. The quantitative estimate of drug-likeness (QED) is 0.388. The average Bonchev–Trinajstić information content (AvgIpc) is 3.64. The number of aromatic nitrogens is 5. The van der Waals surface area contributed by atoms with E-state index >= 15 is 0 Å². The maximum Gasteiger partial charge on any atom is 0.191 e. The summed E-state index contributed by atoms with van der Waals surface area (Å²) in [5, 5.41) is 29.9. The Labute approximate surface area is 166 Å². The maximum absolute atomic E-state index is 10.7. The molecule has 0 unspecified atom stereocenters. The summed E-state index contributed by atoms with van der Waals surface area (Å²) in [4.78, 5) is 4.53. The van der Waals surface area contributed by atoms with Crippen LogP contribution in [0.2, 0.25) is 0 Å². The van der Waals surface area contributed by atoms with Crippen LogP contribution in [-0.2, 0) is 7.05 Å². The molecule has 0 amide bonds. The molecule has 2 saturated carbocycles. The predicted octanol–water partition coefficient (Wildman–Crippen LogP) is 3.96. The Hall–Kier alpha value is -2.79. The van der Waals surface area contributed by atoms with E-state index < -0.39 is 0 Å². The van der Waals surface area contributed by atoms with Gasteiger partial charge in [0.05, 0.1) is 16.8 Å². The second-order valence-electron chi connectivity index (χ2n) is 7.42. The summed E-state index contributed by atoms with van der Waals surface area (Å²) in [6.45, 7) is 0. The second-order valence-corrected chi connectivity index (χ2v) is 8.36. The van der Waals surface area contributed by atoms with Crippen LogP contribution in [0.4, 0.5) is 0 Å². The van der Waals surface area contributed by atoms with Crippen LogP contribution < -0.4 is 0 Å². The summed E-state index contributed by atoms with van der Waals surface area (Å²) in [5.41, 5.74) is 1.93. The van der Waals surface area contributed by atoms with E-state index in [1.165, 1.54) is 24.6 Å². The zero-order valence-corrected chi connectivity index (χ0v) is 16.4. The van der Waals surface area contributed by atoms with Gasteiger partial charge >= 0.3 is 0 Å². The molecular weight excluding hydrogens is 372 g/mol. The second kappa shape index (κ2) is 6.67. The van der Waals surface area contributed by atoms with Crippen LogP contribution in [0.1, 0.15) is 49.3 Å². The molecule has 2 heterocycles. The first kappa shape index (κ1) is 17.3. The van der Waals surface area contributed by atoms with Crippen molar-refractivity contribution in [1.29, 1.82) is 5.26 Å². The fraction of sp³-hybridized carbons (Fsp3) is 0.400. The number of benzene rings is 1. The number of nitriles is 1. The van der Waals surface area contributed by atoms with Crippen LogP contribution in [0.3, 0.4) is 0 Å². The van der Waals surface area contributed by atoms with Crippen LogP contribution in [0.15, 0.2) is 35.2 Å². The predicted molar refractivity (Wildman–Crippen MR) is 107 cm³/mol. The van der Waals surface area contributed by atoms with Crippen molar-refractivity contribution in [2.45, 2.75) is 42.8 Å². The van der Waals surface area contributed by atoms with Crippen LogP contribution in [0, 0.1) is 11.3 Å². The Morgan fingerprint density at radius 2 is 2.04 bits per heavy atom. The van der Waals surface area contributed by atoms with E-state index in [-0.39, 0.29) is 17.1 Å². The summed E-state index contributed by atoms with van der Waals surface area (Å²) in [6.07, 6.45) is 4.70. The van der Waals surface area contributed by atoms with E-state index in [1.807, 2.05) is 35.9 Å². The zero-order chi connectivity index (χ0) is 19.3. The largest absolute Gasteiger partial charge is 0.510 e. The van der Waals surface area contributed by atoms with Crippen molar-refractivity contribution in [2.75, 3.05) is 5.75 Å². The number of nitrogens with zero attached hydrogens (tertiary/aromatic N) is 6. The Kier molecular flexibility index (Phi) is 4.13. The van der Waals surface area contributed by atoms with Crippen molar-refractivity contribution < 1.29 is 5.11 Å². The van der Waals surface area contributed by atoms with Gasteiger partial charge in [-0.2, -0.15) is 5.26 Å². The number of allylic oxidation sites excluding steroid dienone is 1. The third kappa shape index (κ3) is 2.96. The molecule has 2 aliphatic rings. The fourth-order valence-electron chi connectivity index (χ4n) is 3.50. The third-order valence-corrected chi connectivity index (χ3v) is 6.25. The van der Waals surface area contributed by atoms with Gasteiger partial charge in [-0.05, 0) is 37.8 Å². The first-order valence-corrected chi connectivity index (χ1v) is 10.5. The molecule has 1 N–H and O–H groups in total. The van der Waals surface area contributed by atoms with E-state index in [1.54, 1.807) is 0 Å². The van der Waals surface area contributed by atoms with Gasteiger partial charge in [0.1, 0.15) is 23.2 Å². The Balaban J connectivity index is 1.43. The number of aliphatic hydroxyl groups excluding tert-OH is 1. The van der Waals surface area contributed by atoms with Crippen molar-refractivity contribution >= 4 is 28.4 Å². The number of hydrogen-bond donors (Lipinski definition) is 1. The highest BCUT2D eigenvalue weighted by Crippen LogP contribution is 2.46. The Bertz CT molecular complexity index is 1130.